The van der Waals surface area contributed by atoms with Crippen LogP contribution in [0.3, 0.4) is 0 Å². The Morgan fingerprint density at radius 2 is 1.94 bits per heavy atom. The van der Waals surface area contributed by atoms with E-state index in [1.807, 2.05) is 0 Å². The van der Waals surface area contributed by atoms with Crippen LogP contribution in [0.5, 0.6) is 0 Å². The maximum Gasteiger partial charge on any atom is 0.401 e. The van der Waals surface area contributed by atoms with Gasteiger partial charge in [0.2, 0.25) is 5.89 Å². The van der Waals surface area contributed by atoms with Crippen LogP contribution in [0, 0.1) is 17.5 Å². The van der Waals surface area contributed by atoms with Crippen LogP contribution in [-0.4, -0.2) is 52.3 Å². The van der Waals surface area contributed by atoms with Crippen LogP contribution in [0.1, 0.15) is 49.0 Å². The first-order chi connectivity index (χ1) is 16.5. The predicted molar refractivity (Wildman–Crippen MR) is 104 cm³/mol. The molecule has 35 heavy (non-hydrogen) atoms. The van der Waals surface area contributed by atoms with Crippen LogP contribution in [0.4, 0.5) is 26.3 Å². The summed E-state index contributed by atoms with van der Waals surface area (Å²) < 4.78 is 90.8. The van der Waals surface area contributed by atoms with Crippen molar-refractivity contribution in [2.45, 2.75) is 61.9 Å². The Kier molecular flexibility index (Phi) is 6.51. The van der Waals surface area contributed by atoms with Crippen molar-refractivity contribution in [1.29, 1.82) is 0 Å². The molecule has 1 aromatic heterocycles. The van der Waals surface area contributed by atoms with Gasteiger partial charge in [-0.05, 0) is 43.7 Å². The van der Waals surface area contributed by atoms with Crippen LogP contribution < -0.4 is 5.73 Å². The first kappa shape index (κ1) is 24.9. The Balaban J connectivity index is 1.53. The maximum atomic E-state index is 14.0. The molecule has 8 nitrogen and oxygen atoms in total. The lowest BCUT2D eigenvalue weighted by atomic mass is 10.00. The van der Waals surface area contributed by atoms with E-state index in [4.69, 9.17) is 15.0 Å². The summed E-state index contributed by atoms with van der Waals surface area (Å²) in [4.78, 5) is 29.3. The van der Waals surface area contributed by atoms with E-state index in [0.717, 1.165) is 0 Å². The molecule has 1 saturated carbocycles. The molecule has 2 aliphatic rings. The number of hydrogen-bond acceptors (Lipinski definition) is 7. The van der Waals surface area contributed by atoms with E-state index in [9.17, 15) is 35.9 Å². The van der Waals surface area contributed by atoms with E-state index < -0.39 is 65.4 Å². The molecule has 0 bridgehead atoms. The number of aromatic nitrogens is 2. The lowest BCUT2D eigenvalue weighted by Crippen LogP contribution is -2.50. The molecule has 14 heteroatoms. The molecule has 1 unspecified atom stereocenters. The molecule has 0 radical (unpaired) electrons. The zero-order valence-electron chi connectivity index (χ0n) is 18.0. The zero-order chi connectivity index (χ0) is 25.5. The molecule has 2 fully saturated rings. The SMILES string of the molecule is N[C@H](Cc1cc(F)c(F)cc1F)C(OC=O)C(=O)N1CCC[C@H]1c1nc(C2(C(F)(F)F)CC2)no1. The second-order valence-electron chi connectivity index (χ2n) is 8.60. The van der Waals surface area contributed by atoms with E-state index in [-0.39, 0.29) is 43.7 Å². The van der Waals surface area contributed by atoms with Crippen molar-refractivity contribution in [3.63, 3.8) is 0 Å². The summed E-state index contributed by atoms with van der Waals surface area (Å²) in [5, 5.41) is 3.49. The lowest BCUT2D eigenvalue weighted by molar-refractivity contribution is -0.162. The first-order valence-electron chi connectivity index (χ1n) is 10.7. The average molecular weight is 506 g/mol. The highest BCUT2D eigenvalue weighted by Gasteiger charge is 2.67. The smallest absolute Gasteiger partial charge is 0.401 e. The van der Waals surface area contributed by atoms with Gasteiger partial charge in [0.25, 0.3) is 12.4 Å². The highest BCUT2D eigenvalue weighted by molar-refractivity contribution is 5.83. The Hall–Kier alpha value is -3.16. The summed E-state index contributed by atoms with van der Waals surface area (Å²) in [7, 11) is 0. The molecule has 2 heterocycles. The Labute approximate surface area is 194 Å². The fourth-order valence-electron chi connectivity index (χ4n) is 4.26. The third-order valence-electron chi connectivity index (χ3n) is 6.36. The van der Waals surface area contributed by atoms with Gasteiger partial charge in [-0.25, -0.2) is 13.2 Å². The van der Waals surface area contributed by atoms with Gasteiger partial charge in [-0.15, -0.1) is 0 Å². The molecule has 1 aromatic carbocycles. The number of carbonyl (C=O) groups is 2. The van der Waals surface area contributed by atoms with Crippen molar-refractivity contribution in [2.24, 2.45) is 5.73 Å². The van der Waals surface area contributed by atoms with Gasteiger partial charge in [-0.3, -0.25) is 9.59 Å². The third-order valence-corrected chi connectivity index (χ3v) is 6.36. The van der Waals surface area contributed by atoms with Crippen molar-refractivity contribution in [3.8, 4) is 0 Å². The molecular weight excluding hydrogens is 486 g/mol. The van der Waals surface area contributed by atoms with E-state index in [1.54, 1.807) is 0 Å². The highest BCUT2D eigenvalue weighted by atomic mass is 19.4. The molecule has 2 aromatic rings. The van der Waals surface area contributed by atoms with Crippen molar-refractivity contribution in [3.05, 3.63) is 46.9 Å². The second-order valence-corrected chi connectivity index (χ2v) is 8.60. The van der Waals surface area contributed by atoms with Gasteiger partial charge in [0.1, 0.15) is 17.3 Å². The Morgan fingerprint density at radius 3 is 2.57 bits per heavy atom. The number of hydrogen-bond donors (Lipinski definition) is 1. The minimum absolute atomic E-state index is 0.0416. The van der Waals surface area contributed by atoms with Gasteiger partial charge < -0.3 is 19.9 Å². The number of ether oxygens (including phenoxy) is 1. The summed E-state index contributed by atoms with van der Waals surface area (Å²) in [6.45, 7) is 0.0801. The Morgan fingerprint density at radius 1 is 1.26 bits per heavy atom. The van der Waals surface area contributed by atoms with Crippen molar-refractivity contribution < 1.29 is 45.2 Å². The van der Waals surface area contributed by atoms with E-state index in [0.29, 0.717) is 18.6 Å². The van der Waals surface area contributed by atoms with Gasteiger partial charge in [0.05, 0.1) is 6.04 Å². The predicted octanol–water partition coefficient (Wildman–Crippen LogP) is 2.86. The molecule has 1 aliphatic heterocycles. The van der Waals surface area contributed by atoms with Gasteiger partial charge in [0, 0.05) is 12.6 Å². The number of rotatable bonds is 8. The number of amides is 1. The van der Waals surface area contributed by atoms with Crippen LogP contribution >= 0.6 is 0 Å². The van der Waals surface area contributed by atoms with Crippen LogP contribution in [0.25, 0.3) is 0 Å². The van der Waals surface area contributed by atoms with Gasteiger partial charge in [-0.2, -0.15) is 18.2 Å². The van der Waals surface area contributed by atoms with E-state index in [2.05, 4.69) is 10.1 Å². The summed E-state index contributed by atoms with van der Waals surface area (Å²) in [6.07, 6.45) is -6.31. The van der Waals surface area contributed by atoms with Crippen LogP contribution in [-0.2, 0) is 26.2 Å². The second kappa shape index (κ2) is 9.13. The number of benzene rings is 1. The summed E-state index contributed by atoms with van der Waals surface area (Å²) >= 11 is 0. The molecular formula is C21H20F6N4O4. The molecule has 1 amide bonds. The topological polar surface area (TPSA) is 112 Å². The highest BCUT2D eigenvalue weighted by Crippen LogP contribution is 2.58. The van der Waals surface area contributed by atoms with E-state index >= 15 is 0 Å². The molecule has 0 spiro atoms. The normalized spacial score (nSPS) is 21.0. The number of carbonyl (C=O) groups excluding carboxylic acids is 2. The van der Waals surface area contributed by atoms with Gasteiger partial charge in [-0.1, -0.05) is 5.16 Å². The summed E-state index contributed by atoms with van der Waals surface area (Å²) in [6, 6.07) is -1.34. The molecule has 2 N–H and O–H groups in total. The van der Waals surface area contributed by atoms with Crippen molar-refractivity contribution in [2.75, 3.05) is 6.54 Å². The summed E-state index contributed by atoms with van der Waals surface area (Å²) in [5.74, 6) is -5.38. The minimum atomic E-state index is -4.55. The monoisotopic (exact) mass is 506 g/mol. The number of nitrogens with zero attached hydrogens (tertiary/aromatic N) is 3. The summed E-state index contributed by atoms with van der Waals surface area (Å²) in [5.41, 5.74) is 3.47. The average Bonchev–Trinajstić information content (AvgIpc) is 3.24. The van der Waals surface area contributed by atoms with Crippen molar-refractivity contribution >= 4 is 12.4 Å². The van der Waals surface area contributed by atoms with Crippen LogP contribution in [0.15, 0.2) is 16.7 Å². The van der Waals surface area contributed by atoms with Crippen molar-refractivity contribution in [1.82, 2.24) is 15.0 Å². The number of nitrogens with two attached hydrogens (primary N) is 1. The fraction of sp³-hybridized carbons (Fsp3) is 0.524. The molecule has 190 valence electrons. The number of likely N-dealkylation sites (tertiary alicyclic amines) is 1. The quantitative estimate of drug-likeness (QED) is 0.333. The first-order valence-corrected chi connectivity index (χ1v) is 10.7. The Bertz CT molecular complexity index is 1120. The maximum absolute atomic E-state index is 14.0. The van der Waals surface area contributed by atoms with E-state index in [1.165, 1.54) is 4.90 Å². The number of halogens is 6. The largest absolute Gasteiger partial charge is 0.453 e. The third kappa shape index (κ3) is 4.58. The number of alkyl halides is 3. The fourth-order valence-corrected chi connectivity index (χ4v) is 4.26. The van der Waals surface area contributed by atoms with Gasteiger partial charge >= 0.3 is 6.18 Å². The zero-order valence-corrected chi connectivity index (χ0v) is 18.0. The lowest BCUT2D eigenvalue weighted by Gasteiger charge is -2.29. The molecule has 4 rings (SSSR count). The van der Waals surface area contributed by atoms with Crippen LogP contribution in [0.2, 0.25) is 0 Å². The molecule has 1 aliphatic carbocycles. The minimum Gasteiger partial charge on any atom is -0.453 e. The standard InChI is InChI=1S/C21H20F6N4O4/c22-11-8-13(24)12(23)6-10(11)7-14(28)16(34-9-32)18(33)31-5-1-2-15(31)17-29-19(30-35-17)20(3-4-20)21(25,26)27/h6,8-9,14-16H,1-5,7,28H2/t14-,15+,16?/m1/s1. The molecule has 3 atom stereocenters. The van der Waals surface area contributed by atoms with Gasteiger partial charge in [0.15, 0.2) is 23.6 Å². The molecule has 1 saturated heterocycles.